The minimum atomic E-state index is -0.417. The average Bonchev–Trinajstić information content (AvgIpc) is 2.28. The molecule has 0 N–H and O–H groups in total. The Balaban J connectivity index is 2.70. The number of allylic oxidation sites excluding steroid dienone is 1. The van der Waals surface area contributed by atoms with Crippen molar-refractivity contribution < 1.29 is 4.74 Å². The quantitative estimate of drug-likeness (QED) is 0.730. The number of methoxy groups -OCH3 is 1. The van der Waals surface area contributed by atoms with Crippen LogP contribution in [0, 0.1) is 0 Å². The molecule has 0 heterocycles. The number of halogens is 4. The standard InChI is InChI=1S/C11H10Cl4O/c1-16-8-4-2-7(3-5-8)6-9(12)10(13)11(14)15/h2-5,9H,6H2,1H3. The molecule has 0 saturated heterocycles. The highest BCUT2D eigenvalue weighted by molar-refractivity contribution is 6.60. The van der Waals surface area contributed by atoms with Gasteiger partial charge in [0, 0.05) is 0 Å². The Kier molecular flexibility index (Phi) is 5.77. The number of benzene rings is 1. The molecule has 0 radical (unpaired) electrons. The zero-order valence-electron chi connectivity index (χ0n) is 8.51. The lowest BCUT2D eigenvalue weighted by Gasteiger charge is -2.09. The van der Waals surface area contributed by atoms with Gasteiger partial charge < -0.3 is 4.74 Å². The lowest BCUT2D eigenvalue weighted by Crippen LogP contribution is -2.04. The van der Waals surface area contributed by atoms with E-state index in [1.807, 2.05) is 24.3 Å². The van der Waals surface area contributed by atoms with E-state index in [1.54, 1.807) is 7.11 Å². The molecule has 1 rings (SSSR count). The number of alkyl halides is 1. The van der Waals surface area contributed by atoms with Crippen LogP contribution >= 0.6 is 46.4 Å². The number of ether oxygens (including phenoxy) is 1. The van der Waals surface area contributed by atoms with Crippen molar-refractivity contribution in [3.8, 4) is 5.75 Å². The van der Waals surface area contributed by atoms with Crippen LogP contribution in [0.2, 0.25) is 0 Å². The summed E-state index contributed by atoms with van der Waals surface area (Å²) < 4.78 is 5.06. The van der Waals surface area contributed by atoms with Gasteiger partial charge in [0.05, 0.1) is 17.5 Å². The summed E-state index contributed by atoms with van der Waals surface area (Å²) in [4.78, 5) is 0. The van der Waals surface area contributed by atoms with Gasteiger partial charge >= 0.3 is 0 Å². The predicted molar refractivity (Wildman–Crippen MR) is 70.9 cm³/mol. The fourth-order valence-electron chi connectivity index (χ4n) is 1.18. The summed E-state index contributed by atoms with van der Waals surface area (Å²) in [5.41, 5.74) is 1.04. The van der Waals surface area contributed by atoms with Gasteiger partial charge in [-0.25, -0.2) is 0 Å². The SMILES string of the molecule is COc1ccc(CC(Cl)C(Cl)=C(Cl)Cl)cc1. The maximum absolute atomic E-state index is 6.04. The third kappa shape index (κ3) is 4.06. The summed E-state index contributed by atoms with van der Waals surface area (Å²) in [6.07, 6.45) is 0.563. The molecule has 1 atom stereocenters. The van der Waals surface area contributed by atoms with E-state index in [-0.39, 0.29) is 9.52 Å². The summed E-state index contributed by atoms with van der Waals surface area (Å²) >= 11 is 23.0. The van der Waals surface area contributed by atoms with E-state index in [4.69, 9.17) is 51.1 Å². The fourth-order valence-corrected chi connectivity index (χ4v) is 1.92. The van der Waals surface area contributed by atoms with E-state index in [1.165, 1.54) is 0 Å². The summed E-state index contributed by atoms with van der Waals surface area (Å²) in [7, 11) is 1.62. The van der Waals surface area contributed by atoms with Crippen molar-refractivity contribution in [1.82, 2.24) is 0 Å². The Morgan fingerprint density at radius 1 is 1.19 bits per heavy atom. The summed E-state index contributed by atoms with van der Waals surface area (Å²) in [6, 6.07) is 7.55. The molecule has 0 spiro atoms. The lowest BCUT2D eigenvalue weighted by molar-refractivity contribution is 0.414. The van der Waals surface area contributed by atoms with Crippen molar-refractivity contribution in [2.24, 2.45) is 0 Å². The van der Waals surface area contributed by atoms with E-state index in [2.05, 4.69) is 0 Å². The lowest BCUT2D eigenvalue weighted by atomic mass is 10.1. The zero-order valence-corrected chi connectivity index (χ0v) is 11.5. The molecule has 0 aliphatic rings. The van der Waals surface area contributed by atoms with Crippen molar-refractivity contribution >= 4 is 46.4 Å². The molecular formula is C11H10Cl4O. The second kappa shape index (κ2) is 6.61. The third-order valence-electron chi connectivity index (χ3n) is 2.03. The molecule has 0 bridgehead atoms. The molecule has 5 heteroatoms. The minimum absolute atomic E-state index is 0.00942. The Labute approximate surface area is 115 Å². The molecule has 88 valence electrons. The van der Waals surface area contributed by atoms with Gasteiger partial charge in [0.1, 0.15) is 10.2 Å². The molecule has 1 unspecified atom stereocenters. The highest BCUT2D eigenvalue weighted by Gasteiger charge is 2.13. The van der Waals surface area contributed by atoms with Crippen LogP contribution in [-0.4, -0.2) is 12.5 Å². The van der Waals surface area contributed by atoms with Crippen LogP contribution in [-0.2, 0) is 6.42 Å². The van der Waals surface area contributed by atoms with Crippen LogP contribution in [0.5, 0.6) is 5.75 Å². The third-order valence-corrected chi connectivity index (χ3v) is 3.57. The van der Waals surface area contributed by atoms with Gasteiger partial charge in [0.2, 0.25) is 0 Å². The molecule has 0 saturated carbocycles. The highest BCUT2D eigenvalue weighted by Crippen LogP contribution is 2.27. The van der Waals surface area contributed by atoms with E-state index >= 15 is 0 Å². The summed E-state index contributed by atoms with van der Waals surface area (Å²) in [6.45, 7) is 0. The normalized spacial score (nSPS) is 12.1. The second-order valence-electron chi connectivity index (χ2n) is 3.13. The molecule has 0 aromatic heterocycles. The number of hydrogen-bond acceptors (Lipinski definition) is 1. The van der Waals surface area contributed by atoms with Gasteiger partial charge in [0.15, 0.2) is 0 Å². The Morgan fingerprint density at radius 2 is 1.75 bits per heavy atom. The van der Waals surface area contributed by atoms with Gasteiger partial charge in [-0.15, -0.1) is 11.6 Å². The first kappa shape index (κ1) is 14.0. The van der Waals surface area contributed by atoms with E-state index in [0.29, 0.717) is 6.42 Å². The van der Waals surface area contributed by atoms with Crippen LogP contribution in [0.1, 0.15) is 5.56 Å². The van der Waals surface area contributed by atoms with E-state index in [0.717, 1.165) is 11.3 Å². The van der Waals surface area contributed by atoms with Gasteiger partial charge in [-0.1, -0.05) is 46.9 Å². The molecule has 0 fully saturated rings. The Hall–Kier alpha value is -0.0800. The van der Waals surface area contributed by atoms with Crippen LogP contribution in [0.3, 0.4) is 0 Å². The topological polar surface area (TPSA) is 9.23 Å². The molecule has 0 aliphatic carbocycles. The first-order valence-electron chi connectivity index (χ1n) is 4.52. The van der Waals surface area contributed by atoms with Crippen molar-refractivity contribution in [1.29, 1.82) is 0 Å². The molecule has 16 heavy (non-hydrogen) atoms. The second-order valence-corrected chi connectivity index (χ2v) is 5.01. The molecule has 0 amide bonds. The predicted octanol–water partition coefficient (Wildman–Crippen LogP) is 4.73. The molecule has 0 aliphatic heterocycles. The van der Waals surface area contributed by atoms with Gasteiger partial charge in [-0.3, -0.25) is 0 Å². The van der Waals surface area contributed by atoms with E-state index in [9.17, 15) is 0 Å². The number of rotatable bonds is 4. The first-order chi connectivity index (χ1) is 7.54. The first-order valence-corrected chi connectivity index (χ1v) is 6.09. The highest BCUT2D eigenvalue weighted by atomic mass is 35.5. The minimum Gasteiger partial charge on any atom is -0.497 e. The van der Waals surface area contributed by atoms with Crippen LogP contribution < -0.4 is 4.74 Å². The maximum atomic E-state index is 6.04. The van der Waals surface area contributed by atoms with Crippen LogP contribution in [0.25, 0.3) is 0 Å². The van der Waals surface area contributed by atoms with E-state index < -0.39 is 5.38 Å². The van der Waals surface area contributed by atoms with Crippen molar-refractivity contribution in [3.05, 3.63) is 39.4 Å². The van der Waals surface area contributed by atoms with Crippen molar-refractivity contribution in [3.63, 3.8) is 0 Å². The largest absolute Gasteiger partial charge is 0.497 e. The smallest absolute Gasteiger partial charge is 0.122 e. The summed E-state index contributed by atoms with van der Waals surface area (Å²) in [5, 5.41) is -0.152. The van der Waals surface area contributed by atoms with Crippen molar-refractivity contribution in [2.45, 2.75) is 11.8 Å². The number of hydrogen-bond donors (Lipinski definition) is 0. The molecule has 1 nitrogen and oxygen atoms in total. The Bertz CT molecular complexity index is 368. The van der Waals surface area contributed by atoms with Gasteiger partial charge in [0.25, 0.3) is 0 Å². The molecule has 1 aromatic carbocycles. The summed E-state index contributed by atoms with van der Waals surface area (Å²) in [5.74, 6) is 0.798. The van der Waals surface area contributed by atoms with Crippen molar-refractivity contribution in [2.75, 3.05) is 7.11 Å². The Morgan fingerprint density at radius 3 is 2.19 bits per heavy atom. The average molecular weight is 300 g/mol. The van der Waals surface area contributed by atoms with Crippen LogP contribution in [0.4, 0.5) is 0 Å². The monoisotopic (exact) mass is 298 g/mol. The zero-order chi connectivity index (χ0) is 12.1. The van der Waals surface area contributed by atoms with Gasteiger partial charge in [-0.05, 0) is 24.1 Å². The fraction of sp³-hybridized carbons (Fsp3) is 0.273. The molecular weight excluding hydrogens is 290 g/mol. The maximum Gasteiger partial charge on any atom is 0.122 e. The van der Waals surface area contributed by atoms with Gasteiger partial charge in [-0.2, -0.15) is 0 Å². The van der Waals surface area contributed by atoms with Crippen LogP contribution in [0.15, 0.2) is 33.8 Å². The molecule has 1 aromatic rings.